The Labute approximate surface area is 128 Å². The highest BCUT2D eigenvalue weighted by atomic mass is 32.2. The summed E-state index contributed by atoms with van der Waals surface area (Å²) < 4.78 is 1.88. The lowest BCUT2D eigenvalue weighted by molar-refractivity contribution is 0.0984. The zero-order valence-corrected chi connectivity index (χ0v) is 13.0. The van der Waals surface area contributed by atoms with Gasteiger partial charge in [0.05, 0.1) is 18.1 Å². The quantitative estimate of drug-likeness (QED) is 0.797. The second-order valence-electron chi connectivity index (χ2n) is 5.31. The van der Waals surface area contributed by atoms with Crippen LogP contribution in [0.1, 0.15) is 23.3 Å². The molecular weight excluding hydrogens is 284 g/mol. The number of hydrogen-bond donors (Lipinski definition) is 0. The topological polar surface area (TPSA) is 51.0 Å². The van der Waals surface area contributed by atoms with Crippen LogP contribution in [0.4, 0.5) is 5.69 Å². The van der Waals surface area contributed by atoms with Gasteiger partial charge in [-0.25, -0.2) is 4.98 Å². The van der Waals surface area contributed by atoms with E-state index < -0.39 is 0 Å². The molecule has 1 saturated carbocycles. The van der Waals surface area contributed by atoms with Gasteiger partial charge in [0.2, 0.25) is 0 Å². The molecule has 0 spiro atoms. The van der Waals surface area contributed by atoms with Gasteiger partial charge >= 0.3 is 0 Å². The molecule has 1 fully saturated rings. The summed E-state index contributed by atoms with van der Waals surface area (Å²) >= 11 is 1.73. The molecule has 5 nitrogen and oxygen atoms in total. The molecule has 0 bridgehead atoms. The van der Waals surface area contributed by atoms with Crippen LogP contribution in [0.25, 0.3) is 0 Å². The van der Waals surface area contributed by atoms with Crippen molar-refractivity contribution in [3.05, 3.63) is 36.4 Å². The van der Waals surface area contributed by atoms with Crippen molar-refractivity contribution in [2.45, 2.75) is 18.0 Å². The lowest BCUT2D eigenvalue weighted by Crippen LogP contribution is -2.28. The van der Waals surface area contributed by atoms with Gasteiger partial charge in [0.1, 0.15) is 5.69 Å². The summed E-state index contributed by atoms with van der Waals surface area (Å²) in [4.78, 5) is 22.6. The first-order valence-electron chi connectivity index (χ1n) is 6.99. The van der Waals surface area contributed by atoms with Crippen LogP contribution >= 0.6 is 11.8 Å². The Balaban J connectivity index is 1.74. The van der Waals surface area contributed by atoms with E-state index in [9.17, 15) is 4.79 Å². The average molecular weight is 302 g/mol. The minimum Gasteiger partial charge on any atom is -0.318 e. The minimum absolute atomic E-state index is 0.0729. The second-order valence-corrected chi connectivity index (χ2v) is 6.30. The van der Waals surface area contributed by atoms with Crippen molar-refractivity contribution in [1.82, 2.24) is 14.5 Å². The van der Waals surface area contributed by atoms with Crippen LogP contribution in [-0.2, 0) is 7.05 Å². The molecule has 0 unspecified atom stereocenters. The highest BCUT2D eigenvalue weighted by Crippen LogP contribution is 2.34. The fraction of sp³-hybridized carbons (Fsp3) is 0.400. The van der Waals surface area contributed by atoms with Gasteiger partial charge in [0.25, 0.3) is 5.91 Å². The molecule has 1 aliphatic carbocycles. The van der Waals surface area contributed by atoms with Gasteiger partial charge in [-0.15, -0.1) is 0 Å². The third-order valence-electron chi connectivity index (χ3n) is 3.65. The van der Waals surface area contributed by atoms with E-state index in [0.29, 0.717) is 5.69 Å². The number of rotatable bonds is 5. The van der Waals surface area contributed by atoms with Crippen LogP contribution in [0.5, 0.6) is 0 Å². The molecule has 2 heterocycles. The van der Waals surface area contributed by atoms with Crippen molar-refractivity contribution in [3.8, 4) is 0 Å². The molecule has 2 aromatic heterocycles. The molecule has 0 aromatic carbocycles. The maximum Gasteiger partial charge on any atom is 0.276 e. The van der Waals surface area contributed by atoms with Crippen LogP contribution < -0.4 is 4.90 Å². The lowest BCUT2D eigenvalue weighted by atomic mass is 10.3. The van der Waals surface area contributed by atoms with E-state index in [1.807, 2.05) is 23.7 Å². The number of aromatic nitrogens is 3. The maximum atomic E-state index is 12.6. The molecule has 3 rings (SSSR count). The summed E-state index contributed by atoms with van der Waals surface area (Å²) in [5, 5.41) is 0.907. The molecule has 1 aliphatic rings. The first-order valence-corrected chi connectivity index (χ1v) is 7.98. The molecule has 0 radical (unpaired) electrons. The van der Waals surface area contributed by atoms with Crippen LogP contribution in [0.2, 0.25) is 0 Å². The number of nitrogens with zero attached hydrogens (tertiary/aromatic N) is 4. The van der Waals surface area contributed by atoms with E-state index in [0.717, 1.165) is 22.5 Å². The van der Waals surface area contributed by atoms with Crippen LogP contribution in [-0.4, -0.2) is 33.2 Å². The molecule has 0 aliphatic heterocycles. The van der Waals surface area contributed by atoms with Gasteiger partial charge in [-0.1, -0.05) is 11.8 Å². The maximum absolute atomic E-state index is 12.6. The number of pyridine rings is 1. The number of carbonyl (C=O) groups excluding carboxylic acids is 1. The Bertz CT molecular complexity index is 636. The summed E-state index contributed by atoms with van der Waals surface area (Å²) in [5.41, 5.74) is 1.37. The molecule has 2 aromatic rings. The highest BCUT2D eigenvalue weighted by molar-refractivity contribution is 7.99. The molecule has 1 amide bonds. The summed E-state index contributed by atoms with van der Waals surface area (Å²) in [5.74, 6) is 1.86. The zero-order chi connectivity index (χ0) is 14.8. The predicted molar refractivity (Wildman–Crippen MR) is 83.6 cm³/mol. The summed E-state index contributed by atoms with van der Waals surface area (Å²) in [7, 11) is 3.65. The number of imidazole rings is 1. The average Bonchev–Trinajstić information content (AvgIpc) is 3.28. The number of hydrogen-bond acceptors (Lipinski definition) is 4. The second kappa shape index (κ2) is 5.89. The standard InChI is InChI=1S/C15H18N4OS/c1-18(12-4-3-7-16-8-12)14(20)13-9-17-15(19(13)2)21-10-11-5-6-11/h3-4,7-9,11H,5-6,10H2,1-2H3. The summed E-state index contributed by atoms with van der Waals surface area (Å²) in [6, 6.07) is 3.68. The van der Waals surface area contributed by atoms with E-state index >= 15 is 0 Å². The largest absolute Gasteiger partial charge is 0.318 e. The highest BCUT2D eigenvalue weighted by Gasteiger charge is 2.23. The van der Waals surface area contributed by atoms with Gasteiger partial charge in [-0.2, -0.15) is 0 Å². The van der Waals surface area contributed by atoms with Gasteiger partial charge in [0, 0.05) is 26.0 Å². The first-order chi connectivity index (χ1) is 10.2. The monoisotopic (exact) mass is 302 g/mol. The van der Waals surface area contributed by atoms with Crippen LogP contribution in [0.15, 0.2) is 35.9 Å². The van der Waals surface area contributed by atoms with Crippen molar-refractivity contribution >= 4 is 23.4 Å². The number of carbonyl (C=O) groups is 1. The van der Waals surface area contributed by atoms with Gasteiger partial charge in [-0.3, -0.25) is 9.78 Å². The molecule has 0 N–H and O–H groups in total. The third kappa shape index (κ3) is 3.10. The predicted octanol–water partition coefficient (Wildman–Crippen LogP) is 2.59. The molecule has 21 heavy (non-hydrogen) atoms. The van der Waals surface area contributed by atoms with Gasteiger partial charge in [0.15, 0.2) is 5.16 Å². The molecule has 6 heteroatoms. The van der Waals surface area contributed by atoms with E-state index in [1.165, 1.54) is 12.8 Å². The van der Waals surface area contributed by atoms with Crippen molar-refractivity contribution < 1.29 is 4.79 Å². The van der Waals surface area contributed by atoms with E-state index in [1.54, 1.807) is 42.3 Å². The Hall–Kier alpha value is -1.82. The van der Waals surface area contributed by atoms with Crippen molar-refractivity contribution in [2.24, 2.45) is 13.0 Å². The normalized spacial score (nSPS) is 14.2. The lowest BCUT2D eigenvalue weighted by Gasteiger charge is -2.16. The first kappa shape index (κ1) is 14.1. The Kier molecular flexibility index (Phi) is 3.96. The Morgan fingerprint density at radius 3 is 2.95 bits per heavy atom. The third-order valence-corrected chi connectivity index (χ3v) is 4.92. The van der Waals surface area contributed by atoms with Gasteiger partial charge in [-0.05, 0) is 30.9 Å². The minimum atomic E-state index is -0.0729. The van der Waals surface area contributed by atoms with Crippen molar-refractivity contribution in [2.75, 3.05) is 17.7 Å². The smallest absolute Gasteiger partial charge is 0.276 e. The zero-order valence-electron chi connectivity index (χ0n) is 12.2. The van der Waals surface area contributed by atoms with Crippen molar-refractivity contribution in [1.29, 1.82) is 0 Å². The fourth-order valence-corrected chi connectivity index (χ4v) is 3.18. The van der Waals surface area contributed by atoms with Crippen molar-refractivity contribution in [3.63, 3.8) is 0 Å². The van der Waals surface area contributed by atoms with Crippen LogP contribution in [0, 0.1) is 5.92 Å². The van der Waals surface area contributed by atoms with E-state index in [4.69, 9.17) is 0 Å². The fourth-order valence-electron chi connectivity index (χ4n) is 2.04. The molecule has 0 saturated heterocycles. The molecule has 110 valence electrons. The van der Waals surface area contributed by atoms with E-state index in [-0.39, 0.29) is 5.91 Å². The van der Waals surface area contributed by atoms with Crippen LogP contribution in [0.3, 0.4) is 0 Å². The SMILES string of the molecule is CN(C(=O)c1cnc(SCC2CC2)n1C)c1cccnc1. The summed E-state index contributed by atoms with van der Waals surface area (Å²) in [6.45, 7) is 0. The van der Waals surface area contributed by atoms with Gasteiger partial charge < -0.3 is 9.47 Å². The molecule has 0 atom stereocenters. The summed E-state index contributed by atoms with van der Waals surface area (Å²) in [6.07, 6.45) is 7.68. The molecular formula is C15H18N4OS. The Morgan fingerprint density at radius 1 is 1.48 bits per heavy atom. The Morgan fingerprint density at radius 2 is 2.29 bits per heavy atom. The number of amides is 1. The number of anilines is 1. The van der Waals surface area contributed by atoms with E-state index in [2.05, 4.69) is 9.97 Å². The number of thioether (sulfide) groups is 1.